The van der Waals surface area contributed by atoms with Crippen LogP contribution in [0.3, 0.4) is 0 Å². The second-order valence-electron chi connectivity index (χ2n) is 4.32. The molecule has 6 heteroatoms. The van der Waals surface area contributed by atoms with Crippen LogP contribution in [-0.4, -0.2) is 5.91 Å². The van der Waals surface area contributed by atoms with Crippen molar-refractivity contribution in [3.8, 4) is 0 Å². The van der Waals surface area contributed by atoms with Crippen molar-refractivity contribution >= 4 is 56.2 Å². The number of nitrogens with one attached hydrogen (secondary N) is 1. The summed E-state index contributed by atoms with van der Waals surface area (Å²) in [4.78, 5) is 12.7. The van der Waals surface area contributed by atoms with E-state index in [-0.39, 0.29) is 10.9 Å². The molecule has 106 valence electrons. The van der Waals surface area contributed by atoms with Crippen molar-refractivity contribution < 1.29 is 9.18 Å². The highest BCUT2D eigenvalue weighted by Gasteiger charge is 2.17. The molecular weight excluding hydrogens is 332 g/mol. The lowest BCUT2D eigenvalue weighted by Crippen LogP contribution is -2.10. The van der Waals surface area contributed by atoms with E-state index in [4.69, 9.17) is 23.2 Å². The van der Waals surface area contributed by atoms with Gasteiger partial charge < -0.3 is 5.32 Å². The quantitative estimate of drug-likeness (QED) is 0.646. The smallest absolute Gasteiger partial charge is 0.267 e. The molecule has 0 saturated carbocycles. The molecular formula is C15H8Cl2FNOS. The number of anilines is 1. The van der Waals surface area contributed by atoms with Gasteiger partial charge in [-0.15, -0.1) is 11.3 Å². The van der Waals surface area contributed by atoms with Crippen molar-refractivity contribution in [2.24, 2.45) is 0 Å². The van der Waals surface area contributed by atoms with Crippen molar-refractivity contribution in [3.63, 3.8) is 0 Å². The first-order chi connectivity index (χ1) is 10.1. The Morgan fingerprint density at radius 1 is 1.14 bits per heavy atom. The zero-order chi connectivity index (χ0) is 15.0. The van der Waals surface area contributed by atoms with Gasteiger partial charge in [-0.3, -0.25) is 4.79 Å². The molecule has 1 heterocycles. The zero-order valence-electron chi connectivity index (χ0n) is 10.5. The second-order valence-corrected chi connectivity index (χ2v) is 6.16. The van der Waals surface area contributed by atoms with Crippen LogP contribution < -0.4 is 5.32 Å². The molecule has 0 unspecified atom stereocenters. The van der Waals surface area contributed by atoms with E-state index in [1.165, 1.54) is 29.5 Å². The van der Waals surface area contributed by atoms with Crippen LogP contribution in [0.5, 0.6) is 0 Å². The van der Waals surface area contributed by atoms with Crippen LogP contribution in [0.25, 0.3) is 10.1 Å². The van der Waals surface area contributed by atoms with Gasteiger partial charge in [-0.05, 0) is 24.3 Å². The van der Waals surface area contributed by atoms with E-state index in [2.05, 4.69) is 5.32 Å². The monoisotopic (exact) mass is 339 g/mol. The summed E-state index contributed by atoms with van der Waals surface area (Å²) >= 11 is 13.2. The fourth-order valence-corrected chi connectivity index (χ4v) is 3.51. The standard InChI is InChI=1S/C15H8Cl2FNOS/c16-10-7-8(5-6-11(10)18)19-15(20)14-13(17)9-3-1-2-4-12(9)21-14/h1-7H,(H,19,20). The van der Waals surface area contributed by atoms with Crippen molar-refractivity contribution in [2.75, 3.05) is 5.32 Å². The van der Waals surface area contributed by atoms with Crippen LogP contribution in [-0.2, 0) is 0 Å². The van der Waals surface area contributed by atoms with Gasteiger partial charge in [-0.2, -0.15) is 0 Å². The number of fused-ring (bicyclic) bond motifs is 1. The molecule has 21 heavy (non-hydrogen) atoms. The third-order valence-electron chi connectivity index (χ3n) is 2.92. The summed E-state index contributed by atoms with van der Waals surface area (Å²) in [5.41, 5.74) is 0.417. The SMILES string of the molecule is O=C(Nc1ccc(F)c(Cl)c1)c1sc2ccccc2c1Cl. The third kappa shape index (κ3) is 2.75. The number of carbonyl (C=O) groups excluding carboxylic acids is 1. The molecule has 0 aliphatic carbocycles. The molecule has 0 spiro atoms. The highest BCUT2D eigenvalue weighted by Crippen LogP contribution is 2.35. The minimum absolute atomic E-state index is 0.0461. The molecule has 0 atom stereocenters. The summed E-state index contributed by atoms with van der Waals surface area (Å²) in [6.45, 7) is 0. The summed E-state index contributed by atoms with van der Waals surface area (Å²) in [7, 11) is 0. The minimum Gasteiger partial charge on any atom is -0.321 e. The normalized spacial score (nSPS) is 10.8. The molecule has 0 bridgehead atoms. The molecule has 3 rings (SSSR count). The summed E-state index contributed by atoms with van der Waals surface area (Å²) in [6, 6.07) is 11.5. The maximum Gasteiger partial charge on any atom is 0.267 e. The van der Waals surface area contributed by atoms with Gasteiger partial charge in [0.2, 0.25) is 0 Å². The topological polar surface area (TPSA) is 29.1 Å². The van der Waals surface area contributed by atoms with Crippen LogP contribution in [0.1, 0.15) is 9.67 Å². The number of benzene rings is 2. The lowest BCUT2D eigenvalue weighted by Gasteiger charge is -2.04. The first-order valence-corrected chi connectivity index (χ1v) is 7.57. The van der Waals surface area contributed by atoms with Crippen molar-refractivity contribution in [1.82, 2.24) is 0 Å². The molecule has 0 saturated heterocycles. The van der Waals surface area contributed by atoms with E-state index in [0.29, 0.717) is 15.6 Å². The maximum absolute atomic E-state index is 13.1. The molecule has 0 fully saturated rings. The van der Waals surface area contributed by atoms with Gasteiger partial charge in [-0.25, -0.2) is 4.39 Å². The van der Waals surface area contributed by atoms with Gasteiger partial charge in [0, 0.05) is 15.8 Å². The van der Waals surface area contributed by atoms with E-state index in [9.17, 15) is 9.18 Å². The Kier molecular flexibility index (Phi) is 3.85. The maximum atomic E-state index is 13.1. The van der Waals surface area contributed by atoms with E-state index in [1.807, 2.05) is 24.3 Å². The lowest BCUT2D eigenvalue weighted by molar-refractivity contribution is 0.103. The predicted molar refractivity (Wildman–Crippen MR) is 86.2 cm³/mol. The fourth-order valence-electron chi connectivity index (χ4n) is 1.92. The Morgan fingerprint density at radius 3 is 2.62 bits per heavy atom. The average Bonchev–Trinajstić information content (AvgIpc) is 2.81. The molecule has 1 amide bonds. The largest absolute Gasteiger partial charge is 0.321 e. The lowest BCUT2D eigenvalue weighted by atomic mass is 10.2. The van der Waals surface area contributed by atoms with E-state index in [0.717, 1.165) is 10.1 Å². The Hall–Kier alpha value is -1.62. The van der Waals surface area contributed by atoms with Crippen LogP contribution in [0.15, 0.2) is 42.5 Å². The summed E-state index contributed by atoms with van der Waals surface area (Å²) < 4.78 is 14.0. The van der Waals surface area contributed by atoms with Crippen LogP contribution in [0.4, 0.5) is 10.1 Å². The van der Waals surface area contributed by atoms with Crippen molar-refractivity contribution in [3.05, 3.63) is 63.2 Å². The van der Waals surface area contributed by atoms with Gasteiger partial charge >= 0.3 is 0 Å². The van der Waals surface area contributed by atoms with Crippen molar-refractivity contribution in [2.45, 2.75) is 0 Å². The third-order valence-corrected chi connectivity index (χ3v) is 4.88. The Balaban J connectivity index is 1.93. The number of hydrogen-bond acceptors (Lipinski definition) is 2. The number of thiophene rings is 1. The van der Waals surface area contributed by atoms with Crippen LogP contribution >= 0.6 is 34.5 Å². The molecule has 0 aliphatic heterocycles. The van der Waals surface area contributed by atoms with Gasteiger partial charge in [0.15, 0.2) is 0 Å². The highest BCUT2D eigenvalue weighted by atomic mass is 35.5. The fraction of sp³-hybridized carbons (Fsp3) is 0. The van der Waals surface area contributed by atoms with Crippen molar-refractivity contribution in [1.29, 1.82) is 0 Å². The van der Waals surface area contributed by atoms with E-state index >= 15 is 0 Å². The molecule has 2 nitrogen and oxygen atoms in total. The number of hydrogen-bond donors (Lipinski definition) is 1. The highest BCUT2D eigenvalue weighted by molar-refractivity contribution is 7.21. The Labute approximate surface area is 134 Å². The first kappa shape index (κ1) is 14.3. The number of rotatable bonds is 2. The first-order valence-electron chi connectivity index (χ1n) is 5.99. The number of amides is 1. The predicted octanol–water partition coefficient (Wildman–Crippen LogP) is 5.60. The van der Waals surface area contributed by atoms with Crippen LogP contribution in [0.2, 0.25) is 10.0 Å². The zero-order valence-corrected chi connectivity index (χ0v) is 12.8. The summed E-state index contributed by atoms with van der Waals surface area (Å²) in [5.74, 6) is -0.876. The van der Waals surface area contributed by atoms with Crippen LogP contribution in [0, 0.1) is 5.82 Å². The van der Waals surface area contributed by atoms with E-state index in [1.54, 1.807) is 0 Å². The summed E-state index contributed by atoms with van der Waals surface area (Å²) in [5, 5.41) is 3.88. The number of carbonyl (C=O) groups is 1. The van der Waals surface area contributed by atoms with E-state index < -0.39 is 5.82 Å². The van der Waals surface area contributed by atoms with Gasteiger partial charge in [0.1, 0.15) is 10.7 Å². The number of halogens is 3. The summed E-state index contributed by atoms with van der Waals surface area (Å²) in [6.07, 6.45) is 0. The Bertz CT molecular complexity index is 847. The molecule has 1 N–H and O–H groups in total. The molecule has 0 radical (unpaired) electrons. The molecule has 0 aliphatic rings. The van der Waals surface area contributed by atoms with Gasteiger partial charge in [0.25, 0.3) is 5.91 Å². The van der Waals surface area contributed by atoms with Gasteiger partial charge in [0.05, 0.1) is 10.0 Å². The Morgan fingerprint density at radius 2 is 1.90 bits per heavy atom. The molecule has 2 aromatic carbocycles. The molecule has 1 aromatic heterocycles. The average molecular weight is 340 g/mol. The van der Waals surface area contributed by atoms with Gasteiger partial charge in [-0.1, -0.05) is 41.4 Å². The minimum atomic E-state index is -0.533. The second kappa shape index (κ2) is 5.64. The molecule has 3 aromatic rings.